The number of methoxy groups -OCH3 is 2. The van der Waals surface area contributed by atoms with E-state index in [1.165, 1.54) is 0 Å². The molecule has 34 heavy (non-hydrogen) atoms. The molecule has 1 amide bonds. The molecule has 0 spiro atoms. The summed E-state index contributed by atoms with van der Waals surface area (Å²) in [6.07, 6.45) is 0. The molecule has 9 heteroatoms. The highest BCUT2D eigenvalue weighted by atomic mass is 35.5. The van der Waals surface area contributed by atoms with Gasteiger partial charge in [-0.3, -0.25) is 4.79 Å². The van der Waals surface area contributed by atoms with E-state index in [4.69, 9.17) is 44.9 Å². The summed E-state index contributed by atoms with van der Waals surface area (Å²) in [4.78, 5) is 13.7. The van der Waals surface area contributed by atoms with Crippen LogP contribution >= 0.6 is 35.4 Å². The Hall–Kier alpha value is -3.26. The van der Waals surface area contributed by atoms with Crippen molar-refractivity contribution < 1.29 is 14.3 Å². The maximum Gasteiger partial charge on any atom is 0.256 e. The summed E-state index contributed by atoms with van der Waals surface area (Å²) >= 11 is 17.8. The number of amides is 1. The van der Waals surface area contributed by atoms with Crippen molar-refractivity contribution in [1.82, 2.24) is 10.6 Å². The predicted molar refractivity (Wildman–Crippen MR) is 140 cm³/mol. The lowest BCUT2D eigenvalue weighted by molar-refractivity contribution is -0.113. The molecule has 1 atom stereocenters. The first-order chi connectivity index (χ1) is 16.4. The Bertz CT molecular complexity index is 1260. The third kappa shape index (κ3) is 5.12. The number of hydrogen-bond donors (Lipinski definition) is 3. The molecule has 1 heterocycles. The van der Waals surface area contributed by atoms with Crippen LogP contribution in [0.15, 0.2) is 72.3 Å². The fourth-order valence-corrected chi connectivity index (χ4v) is 4.30. The van der Waals surface area contributed by atoms with Gasteiger partial charge < -0.3 is 25.4 Å². The van der Waals surface area contributed by atoms with Crippen molar-refractivity contribution in [1.29, 1.82) is 0 Å². The molecule has 1 aliphatic rings. The molecule has 4 rings (SSSR count). The monoisotopic (exact) mass is 513 g/mol. The van der Waals surface area contributed by atoms with Crippen molar-refractivity contribution in [3.8, 4) is 11.5 Å². The van der Waals surface area contributed by atoms with E-state index in [0.29, 0.717) is 43.6 Å². The molecule has 3 N–H and O–H groups in total. The summed E-state index contributed by atoms with van der Waals surface area (Å²) in [5.74, 6) is 1.06. The summed E-state index contributed by atoms with van der Waals surface area (Å²) in [5.41, 5.74) is 3.07. The Morgan fingerprint density at radius 3 is 2.15 bits per heavy atom. The largest absolute Gasteiger partial charge is 0.497 e. The van der Waals surface area contributed by atoms with E-state index in [9.17, 15) is 4.79 Å². The van der Waals surface area contributed by atoms with Gasteiger partial charge in [-0.05, 0) is 77.9 Å². The number of ether oxygens (including phenoxy) is 2. The molecule has 3 aromatic carbocycles. The zero-order valence-corrected chi connectivity index (χ0v) is 20.6. The minimum Gasteiger partial charge on any atom is -0.497 e. The molecule has 0 saturated carbocycles. The van der Waals surface area contributed by atoms with E-state index in [1.807, 2.05) is 48.5 Å². The zero-order chi connectivity index (χ0) is 24.2. The number of thiocarbonyl (C=S) groups is 1. The topological polar surface area (TPSA) is 71.6 Å². The Balaban J connectivity index is 1.83. The Kier molecular flexibility index (Phi) is 7.26. The van der Waals surface area contributed by atoms with Crippen molar-refractivity contribution >= 4 is 57.8 Å². The van der Waals surface area contributed by atoms with Crippen LogP contribution in [0, 0.1) is 0 Å². The van der Waals surface area contributed by atoms with Crippen molar-refractivity contribution in [2.24, 2.45) is 0 Å². The van der Waals surface area contributed by atoms with E-state index in [0.717, 1.165) is 11.1 Å². The predicted octanol–water partition coefficient (Wildman–Crippen LogP) is 5.58. The summed E-state index contributed by atoms with van der Waals surface area (Å²) in [6, 6.07) is 19.2. The molecule has 6 nitrogen and oxygen atoms in total. The highest BCUT2D eigenvalue weighted by Crippen LogP contribution is 2.34. The van der Waals surface area contributed by atoms with Gasteiger partial charge in [0.25, 0.3) is 5.91 Å². The second kappa shape index (κ2) is 10.3. The minimum absolute atomic E-state index is 0.334. The highest BCUT2D eigenvalue weighted by molar-refractivity contribution is 7.80. The summed E-state index contributed by atoms with van der Waals surface area (Å²) < 4.78 is 10.6. The fourth-order valence-electron chi connectivity index (χ4n) is 3.62. The third-order valence-corrected chi connectivity index (χ3v) is 6.09. The van der Waals surface area contributed by atoms with Gasteiger partial charge in [-0.2, -0.15) is 0 Å². The van der Waals surface area contributed by atoms with Gasteiger partial charge in [0, 0.05) is 5.02 Å². The van der Waals surface area contributed by atoms with Gasteiger partial charge in [0.15, 0.2) is 5.11 Å². The number of anilines is 1. The lowest BCUT2D eigenvalue weighted by Crippen LogP contribution is -2.45. The van der Waals surface area contributed by atoms with Crippen LogP contribution in [0.4, 0.5) is 5.69 Å². The second-order valence-corrected chi connectivity index (χ2v) is 8.65. The van der Waals surface area contributed by atoms with Gasteiger partial charge in [0.05, 0.1) is 42.2 Å². The number of carbonyl (C=O) groups excluding carboxylic acids is 1. The first kappa shape index (κ1) is 23.9. The molecule has 0 saturated heterocycles. The molecule has 1 aliphatic heterocycles. The van der Waals surface area contributed by atoms with Crippen molar-refractivity contribution in [2.45, 2.75) is 6.04 Å². The van der Waals surface area contributed by atoms with Gasteiger partial charge in [-0.25, -0.2) is 0 Å². The maximum absolute atomic E-state index is 13.7. The van der Waals surface area contributed by atoms with E-state index in [-0.39, 0.29) is 5.91 Å². The van der Waals surface area contributed by atoms with Crippen LogP contribution < -0.4 is 25.4 Å². The van der Waals surface area contributed by atoms with Crippen LogP contribution in [0.5, 0.6) is 11.5 Å². The van der Waals surface area contributed by atoms with Gasteiger partial charge >= 0.3 is 0 Å². The van der Waals surface area contributed by atoms with Gasteiger partial charge in [-0.15, -0.1) is 0 Å². The molecule has 0 radical (unpaired) electrons. The van der Waals surface area contributed by atoms with Crippen molar-refractivity contribution in [3.63, 3.8) is 0 Å². The van der Waals surface area contributed by atoms with Gasteiger partial charge in [0.2, 0.25) is 0 Å². The Morgan fingerprint density at radius 2 is 1.56 bits per heavy atom. The Labute approximate surface area is 212 Å². The van der Waals surface area contributed by atoms with Crippen LogP contribution in [0.3, 0.4) is 0 Å². The van der Waals surface area contributed by atoms with Crippen LogP contribution in [-0.4, -0.2) is 25.2 Å². The van der Waals surface area contributed by atoms with Crippen LogP contribution in [0.2, 0.25) is 10.0 Å². The van der Waals surface area contributed by atoms with Crippen LogP contribution in [0.25, 0.3) is 5.70 Å². The normalized spacial score (nSPS) is 15.3. The van der Waals surface area contributed by atoms with E-state index in [1.54, 1.807) is 32.4 Å². The number of nitrogens with one attached hydrogen (secondary N) is 3. The quantitative estimate of drug-likeness (QED) is 0.373. The van der Waals surface area contributed by atoms with Crippen LogP contribution in [-0.2, 0) is 4.79 Å². The third-order valence-electron chi connectivity index (χ3n) is 5.32. The highest BCUT2D eigenvalue weighted by Gasteiger charge is 2.32. The van der Waals surface area contributed by atoms with Crippen molar-refractivity contribution in [2.75, 3.05) is 19.5 Å². The number of carbonyl (C=O) groups is 1. The van der Waals surface area contributed by atoms with E-state index in [2.05, 4.69) is 16.0 Å². The first-order valence-electron chi connectivity index (χ1n) is 10.3. The molecule has 0 aliphatic carbocycles. The number of benzene rings is 3. The van der Waals surface area contributed by atoms with Gasteiger partial charge in [-0.1, -0.05) is 35.3 Å². The molecule has 3 aromatic rings. The molecule has 0 fully saturated rings. The standard InChI is InChI=1S/C25H21Cl2N3O3S/c1-32-17-8-3-14(4-9-17)22-21(24(31)28-20-12-7-16(26)13-19(20)27)23(30-25(34)29-22)15-5-10-18(33-2)11-6-15/h3-13,22H,1-2H3,(H,28,31)(H2,29,30,34). The lowest BCUT2D eigenvalue weighted by Gasteiger charge is -2.32. The van der Waals surface area contributed by atoms with Crippen molar-refractivity contribution in [3.05, 3.63) is 93.5 Å². The fraction of sp³-hybridized carbons (Fsp3) is 0.120. The van der Waals surface area contributed by atoms with E-state index >= 15 is 0 Å². The van der Waals surface area contributed by atoms with Crippen LogP contribution in [0.1, 0.15) is 17.2 Å². The number of rotatable bonds is 6. The zero-order valence-electron chi connectivity index (χ0n) is 18.3. The summed E-state index contributed by atoms with van der Waals surface area (Å²) in [7, 11) is 3.20. The average molecular weight is 514 g/mol. The molecular formula is C25H21Cl2N3O3S. The first-order valence-corrected chi connectivity index (χ1v) is 11.4. The smallest absolute Gasteiger partial charge is 0.256 e. The SMILES string of the molecule is COc1ccc(C2=C(C(=O)Nc3ccc(Cl)cc3Cl)C(c3ccc(OC)cc3)NC(=S)N2)cc1. The van der Waals surface area contributed by atoms with E-state index < -0.39 is 6.04 Å². The minimum atomic E-state index is -0.525. The second-order valence-electron chi connectivity index (χ2n) is 7.40. The molecular weight excluding hydrogens is 493 g/mol. The Morgan fingerprint density at radius 1 is 0.941 bits per heavy atom. The number of halogens is 2. The molecule has 1 unspecified atom stereocenters. The average Bonchev–Trinajstić information content (AvgIpc) is 2.85. The van der Waals surface area contributed by atoms with Gasteiger partial charge in [0.1, 0.15) is 11.5 Å². The molecule has 0 aromatic heterocycles. The lowest BCUT2D eigenvalue weighted by atomic mass is 9.92. The molecule has 0 bridgehead atoms. The summed E-state index contributed by atoms with van der Waals surface area (Å²) in [5, 5.41) is 10.5. The summed E-state index contributed by atoms with van der Waals surface area (Å²) in [6.45, 7) is 0. The maximum atomic E-state index is 13.7. The number of hydrogen-bond acceptors (Lipinski definition) is 4. The molecule has 174 valence electrons.